The second-order valence-electron chi connectivity index (χ2n) is 5.23. The van der Waals surface area contributed by atoms with E-state index in [1.807, 2.05) is 50.2 Å². The highest BCUT2D eigenvalue weighted by molar-refractivity contribution is 5.94. The molecule has 0 aromatic heterocycles. The van der Waals surface area contributed by atoms with Gasteiger partial charge in [0.15, 0.2) is 0 Å². The third-order valence-corrected chi connectivity index (χ3v) is 3.08. The number of benzene rings is 2. The summed E-state index contributed by atoms with van der Waals surface area (Å²) in [7, 11) is 1.63. The zero-order valence-corrected chi connectivity index (χ0v) is 13.1. The average molecular weight is 299 g/mol. The molecule has 0 bridgehead atoms. The second kappa shape index (κ2) is 7.50. The van der Waals surface area contributed by atoms with Crippen molar-refractivity contribution in [2.75, 3.05) is 7.11 Å². The summed E-state index contributed by atoms with van der Waals surface area (Å²) in [6.07, 6.45) is 0.0811. The van der Waals surface area contributed by atoms with Crippen LogP contribution in [0.3, 0.4) is 0 Å². The third-order valence-electron chi connectivity index (χ3n) is 3.08. The Morgan fingerprint density at radius 2 is 1.82 bits per heavy atom. The second-order valence-corrected chi connectivity index (χ2v) is 5.23. The Hall–Kier alpha value is -2.49. The molecule has 0 unspecified atom stereocenters. The van der Waals surface area contributed by atoms with Gasteiger partial charge in [-0.2, -0.15) is 0 Å². The van der Waals surface area contributed by atoms with Gasteiger partial charge in [-0.1, -0.05) is 18.2 Å². The zero-order valence-electron chi connectivity index (χ0n) is 13.1. The van der Waals surface area contributed by atoms with Gasteiger partial charge in [-0.05, 0) is 49.7 Å². The first-order valence-corrected chi connectivity index (χ1v) is 7.26. The molecule has 0 heterocycles. The summed E-state index contributed by atoms with van der Waals surface area (Å²) < 4.78 is 10.7. The van der Waals surface area contributed by atoms with Crippen molar-refractivity contribution in [2.24, 2.45) is 0 Å². The minimum atomic E-state index is -0.120. The SMILES string of the molecule is COc1ccc(CNC(=O)c2cccc(OC(C)C)c2)cc1. The molecular weight excluding hydrogens is 278 g/mol. The minimum absolute atomic E-state index is 0.0811. The van der Waals surface area contributed by atoms with Crippen molar-refractivity contribution in [3.8, 4) is 11.5 Å². The molecule has 2 aromatic carbocycles. The highest BCUT2D eigenvalue weighted by atomic mass is 16.5. The summed E-state index contributed by atoms with van der Waals surface area (Å²) in [5.74, 6) is 1.38. The van der Waals surface area contributed by atoms with Gasteiger partial charge in [0.05, 0.1) is 13.2 Å². The standard InChI is InChI=1S/C18H21NO3/c1-13(2)22-17-6-4-5-15(11-17)18(20)19-12-14-7-9-16(21-3)10-8-14/h4-11,13H,12H2,1-3H3,(H,19,20). The summed E-state index contributed by atoms with van der Waals surface area (Å²) in [6, 6.07) is 14.8. The highest BCUT2D eigenvalue weighted by Crippen LogP contribution is 2.15. The number of nitrogens with one attached hydrogen (secondary N) is 1. The first-order chi connectivity index (χ1) is 10.6. The van der Waals surface area contributed by atoms with Crippen LogP contribution in [0.5, 0.6) is 11.5 Å². The van der Waals surface area contributed by atoms with Crippen LogP contribution < -0.4 is 14.8 Å². The van der Waals surface area contributed by atoms with E-state index in [4.69, 9.17) is 9.47 Å². The molecule has 0 atom stereocenters. The molecule has 2 rings (SSSR count). The van der Waals surface area contributed by atoms with Gasteiger partial charge in [-0.3, -0.25) is 4.79 Å². The quantitative estimate of drug-likeness (QED) is 0.889. The van der Waals surface area contributed by atoms with Crippen LogP contribution in [0.2, 0.25) is 0 Å². The lowest BCUT2D eigenvalue weighted by Crippen LogP contribution is -2.22. The Morgan fingerprint density at radius 1 is 1.09 bits per heavy atom. The molecule has 0 aliphatic rings. The summed E-state index contributed by atoms with van der Waals surface area (Å²) >= 11 is 0. The monoisotopic (exact) mass is 299 g/mol. The van der Waals surface area contributed by atoms with Crippen LogP contribution in [0.4, 0.5) is 0 Å². The largest absolute Gasteiger partial charge is 0.497 e. The topological polar surface area (TPSA) is 47.6 Å². The number of amides is 1. The predicted molar refractivity (Wildman–Crippen MR) is 86.4 cm³/mol. The predicted octanol–water partition coefficient (Wildman–Crippen LogP) is 3.41. The van der Waals surface area contributed by atoms with Crippen LogP contribution in [-0.2, 0) is 6.54 Å². The molecule has 0 saturated heterocycles. The first-order valence-electron chi connectivity index (χ1n) is 7.26. The molecule has 4 nitrogen and oxygen atoms in total. The Bertz CT molecular complexity index is 620. The number of hydrogen-bond acceptors (Lipinski definition) is 3. The van der Waals surface area contributed by atoms with E-state index in [1.54, 1.807) is 19.2 Å². The van der Waals surface area contributed by atoms with E-state index >= 15 is 0 Å². The van der Waals surface area contributed by atoms with Crippen molar-refractivity contribution in [3.05, 3.63) is 59.7 Å². The van der Waals surface area contributed by atoms with Crippen LogP contribution in [0.25, 0.3) is 0 Å². The van der Waals surface area contributed by atoms with Crippen molar-refractivity contribution in [3.63, 3.8) is 0 Å². The normalized spacial score (nSPS) is 10.4. The number of carbonyl (C=O) groups is 1. The van der Waals surface area contributed by atoms with E-state index in [2.05, 4.69) is 5.32 Å². The number of hydrogen-bond donors (Lipinski definition) is 1. The molecule has 0 radical (unpaired) electrons. The van der Waals surface area contributed by atoms with E-state index in [9.17, 15) is 4.79 Å². The van der Waals surface area contributed by atoms with Gasteiger partial charge >= 0.3 is 0 Å². The van der Waals surface area contributed by atoms with Gasteiger partial charge < -0.3 is 14.8 Å². The van der Waals surface area contributed by atoms with Gasteiger partial charge in [-0.25, -0.2) is 0 Å². The van der Waals surface area contributed by atoms with Gasteiger partial charge in [0.25, 0.3) is 5.91 Å². The fourth-order valence-electron chi connectivity index (χ4n) is 2.01. The maximum atomic E-state index is 12.2. The van der Waals surface area contributed by atoms with E-state index < -0.39 is 0 Å². The average Bonchev–Trinajstić information content (AvgIpc) is 2.52. The van der Waals surface area contributed by atoms with Crippen molar-refractivity contribution < 1.29 is 14.3 Å². The van der Waals surface area contributed by atoms with E-state index in [0.717, 1.165) is 11.3 Å². The van der Waals surface area contributed by atoms with Crippen molar-refractivity contribution in [2.45, 2.75) is 26.5 Å². The number of methoxy groups -OCH3 is 1. The zero-order chi connectivity index (χ0) is 15.9. The summed E-state index contributed by atoms with van der Waals surface area (Å²) in [6.45, 7) is 4.38. The Morgan fingerprint density at radius 3 is 2.45 bits per heavy atom. The van der Waals surface area contributed by atoms with Crippen LogP contribution in [-0.4, -0.2) is 19.1 Å². The lowest BCUT2D eigenvalue weighted by Gasteiger charge is -2.11. The summed E-state index contributed by atoms with van der Waals surface area (Å²) in [5, 5.41) is 2.90. The van der Waals surface area contributed by atoms with Crippen LogP contribution in [0.1, 0.15) is 29.8 Å². The van der Waals surface area contributed by atoms with Gasteiger partial charge in [0.1, 0.15) is 11.5 Å². The fraction of sp³-hybridized carbons (Fsp3) is 0.278. The Balaban J connectivity index is 1.96. The maximum absolute atomic E-state index is 12.2. The molecule has 0 spiro atoms. The van der Waals surface area contributed by atoms with Crippen molar-refractivity contribution >= 4 is 5.91 Å². The maximum Gasteiger partial charge on any atom is 0.251 e. The van der Waals surface area contributed by atoms with Crippen molar-refractivity contribution in [1.82, 2.24) is 5.32 Å². The number of ether oxygens (including phenoxy) is 2. The summed E-state index contributed by atoms with van der Waals surface area (Å²) in [5.41, 5.74) is 1.61. The molecule has 116 valence electrons. The van der Waals surface area contributed by atoms with Gasteiger partial charge in [0, 0.05) is 12.1 Å². The van der Waals surface area contributed by atoms with Crippen molar-refractivity contribution in [1.29, 1.82) is 0 Å². The highest BCUT2D eigenvalue weighted by Gasteiger charge is 2.07. The lowest BCUT2D eigenvalue weighted by atomic mass is 10.2. The minimum Gasteiger partial charge on any atom is -0.497 e. The molecule has 4 heteroatoms. The van der Waals surface area contributed by atoms with Gasteiger partial charge in [0.2, 0.25) is 0 Å². The molecule has 0 aliphatic carbocycles. The number of rotatable bonds is 6. The van der Waals surface area contributed by atoms with Gasteiger partial charge in [-0.15, -0.1) is 0 Å². The fourth-order valence-corrected chi connectivity index (χ4v) is 2.01. The molecule has 1 amide bonds. The Labute approximate surface area is 131 Å². The van der Waals surface area contributed by atoms with Crippen LogP contribution in [0.15, 0.2) is 48.5 Å². The van der Waals surface area contributed by atoms with Crippen LogP contribution >= 0.6 is 0 Å². The smallest absolute Gasteiger partial charge is 0.251 e. The third kappa shape index (κ3) is 4.52. The molecule has 1 N–H and O–H groups in total. The first kappa shape index (κ1) is 15.9. The van der Waals surface area contributed by atoms with Crippen LogP contribution in [0, 0.1) is 0 Å². The molecule has 0 saturated carbocycles. The lowest BCUT2D eigenvalue weighted by molar-refractivity contribution is 0.0950. The number of carbonyl (C=O) groups excluding carboxylic acids is 1. The summed E-state index contributed by atoms with van der Waals surface area (Å²) in [4.78, 5) is 12.2. The molecule has 0 aliphatic heterocycles. The molecule has 22 heavy (non-hydrogen) atoms. The van der Waals surface area contributed by atoms with E-state index in [1.165, 1.54) is 0 Å². The molecular formula is C18H21NO3. The van der Waals surface area contributed by atoms with E-state index in [-0.39, 0.29) is 12.0 Å². The van der Waals surface area contributed by atoms with E-state index in [0.29, 0.717) is 17.9 Å². The molecule has 2 aromatic rings. The molecule has 0 fully saturated rings. The Kier molecular flexibility index (Phi) is 5.42.